The summed E-state index contributed by atoms with van der Waals surface area (Å²) in [4.78, 5) is 25.3. The predicted octanol–water partition coefficient (Wildman–Crippen LogP) is 6.49. The van der Waals surface area contributed by atoms with Crippen molar-refractivity contribution in [1.29, 1.82) is 0 Å². The van der Waals surface area contributed by atoms with Crippen LogP contribution in [0.5, 0.6) is 11.5 Å². The smallest absolute Gasteiger partial charge is 0.347 e. The molecule has 0 bridgehead atoms. The number of carbonyl (C=O) groups excluding carboxylic acids is 2. The number of esters is 2. The third-order valence-corrected chi connectivity index (χ3v) is 5.35. The summed E-state index contributed by atoms with van der Waals surface area (Å²) in [5.41, 5.74) is 1.72. The van der Waals surface area contributed by atoms with Crippen molar-refractivity contribution in [3.05, 3.63) is 94.0 Å². The van der Waals surface area contributed by atoms with Crippen molar-refractivity contribution in [1.82, 2.24) is 0 Å². The molecule has 0 N–H and O–H groups in total. The first-order chi connectivity index (χ1) is 15.9. The minimum absolute atomic E-state index is 0.255. The summed E-state index contributed by atoms with van der Waals surface area (Å²) in [5.74, 6) is 0.173. The van der Waals surface area contributed by atoms with Gasteiger partial charge in [0, 0.05) is 10.9 Å². The Bertz CT molecular complexity index is 1080. The van der Waals surface area contributed by atoms with Gasteiger partial charge in [0.05, 0.1) is 18.8 Å². The Kier molecular flexibility index (Phi) is 9.07. The minimum Gasteiger partial charge on any atom is -0.493 e. The number of hydrogen-bond donors (Lipinski definition) is 0. The van der Waals surface area contributed by atoms with Crippen LogP contribution in [0.4, 0.5) is 0 Å². The Morgan fingerprint density at radius 1 is 0.879 bits per heavy atom. The average molecular weight is 511 g/mol. The van der Waals surface area contributed by atoms with Crippen molar-refractivity contribution in [3.8, 4) is 11.5 Å². The fourth-order valence-electron chi connectivity index (χ4n) is 3.03. The van der Waals surface area contributed by atoms with Gasteiger partial charge in [-0.15, -0.1) is 0 Å². The first-order valence-corrected chi connectivity index (χ1v) is 11.7. The third-order valence-electron chi connectivity index (χ3n) is 4.86. The van der Waals surface area contributed by atoms with Crippen molar-refractivity contribution < 1.29 is 23.8 Å². The summed E-state index contributed by atoms with van der Waals surface area (Å²) in [7, 11) is 0. The van der Waals surface area contributed by atoms with E-state index in [1.807, 2.05) is 36.4 Å². The zero-order valence-electron chi connectivity index (χ0n) is 18.8. The molecule has 3 rings (SSSR count). The van der Waals surface area contributed by atoms with E-state index < -0.39 is 11.9 Å². The molecule has 0 aliphatic heterocycles. The molecule has 3 aromatic carbocycles. The van der Waals surface area contributed by atoms with Crippen molar-refractivity contribution in [2.45, 2.75) is 26.7 Å². The van der Waals surface area contributed by atoms with Gasteiger partial charge in [-0.1, -0.05) is 66.2 Å². The minimum atomic E-state index is -0.564. The molecular formula is C27H27BrO5. The second-order valence-corrected chi connectivity index (χ2v) is 8.88. The highest BCUT2D eigenvalue weighted by atomic mass is 79.9. The van der Waals surface area contributed by atoms with Gasteiger partial charge in [0.2, 0.25) is 0 Å². The van der Waals surface area contributed by atoms with Gasteiger partial charge in [-0.25, -0.2) is 9.59 Å². The third kappa shape index (κ3) is 7.75. The van der Waals surface area contributed by atoms with Gasteiger partial charge in [-0.3, -0.25) is 0 Å². The van der Waals surface area contributed by atoms with Crippen LogP contribution in [0.3, 0.4) is 0 Å². The van der Waals surface area contributed by atoms with Gasteiger partial charge >= 0.3 is 11.9 Å². The lowest BCUT2D eigenvalue weighted by molar-refractivity contribution is 0.0507. The summed E-state index contributed by atoms with van der Waals surface area (Å²) in [5, 5.41) is 0. The van der Waals surface area contributed by atoms with E-state index in [2.05, 4.69) is 29.8 Å². The van der Waals surface area contributed by atoms with Crippen LogP contribution in [0.2, 0.25) is 0 Å². The fraction of sp³-hybridized carbons (Fsp3) is 0.259. The molecule has 33 heavy (non-hydrogen) atoms. The molecule has 0 aromatic heterocycles. The topological polar surface area (TPSA) is 61.8 Å². The molecule has 6 heteroatoms. The number of benzene rings is 3. The normalized spacial score (nSPS) is 10.7. The van der Waals surface area contributed by atoms with Gasteiger partial charge < -0.3 is 14.2 Å². The molecular weight excluding hydrogens is 484 g/mol. The lowest BCUT2D eigenvalue weighted by Gasteiger charge is -2.13. The highest BCUT2D eigenvalue weighted by Crippen LogP contribution is 2.26. The summed E-state index contributed by atoms with van der Waals surface area (Å²) >= 11 is 3.39. The molecule has 0 amide bonds. The maximum atomic E-state index is 12.9. The van der Waals surface area contributed by atoms with Crippen LogP contribution in [-0.4, -0.2) is 25.2 Å². The zero-order chi connectivity index (χ0) is 23.6. The predicted molar refractivity (Wildman–Crippen MR) is 131 cm³/mol. The van der Waals surface area contributed by atoms with E-state index in [4.69, 9.17) is 14.2 Å². The van der Waals surface area contributed by atoms with Gasteiger partial charge in [0.25, 0.3) is 0 Å². The first kappa shape index (κ1) is 24.5. The lowest BCUT2D eigenvalue weighted by atomic mass is 10.1. The molecule has 172 valence electrons. The van der Waals surface area contributed by atoms with Crippen molar-refractivity contribution >= 4 is 27.9 Å². The maximum Gasteiger partial charge on any atom is 0.347 e. The Morgan fingerprint density at radius 2 is 1.67 bits per heavy atom. The molecule has 0 fully saturated rings. The van der Waals surface area contributed by atoms with Crippen LogP contribution in [0.1, 0.15) is 46.5 Å². The maximum absolute atomic E-state index is 12.9. The van der Waals surface area contributed by atoms with E-state index >= 15 is 0 Å². The van der Waals surface area contributed by atoms with E-state index in [0.717, 1.165) is 16.5 Å². The average Bonchev–Trinajstić information content (AvgIpc) is 2.80. The molecule has 0 spiro atoms. The van der Waals surface area contributed by atoms with Crippen molar-refractivity contribution in [2.24, 2.45) is 5.92 Å². The van der Waals surface area contributed by atoms with Crippen molar-refractivity contribution in [2.75, 3.05) is 13.2 Å². The highest BCUT2D eigenvalue weighted by molar-refractivity contribution is 9.10. The largest absolute Gasteiger partial charge is 0.493 e. The van der Waals surface area contributed by atoms with Gasteiger partial charge in [-0.2, -0.15) is 0 Å². The molecule has 0 radical (unpaired) electrons. The fourth-order valence-corrected chi connectivity index (χ4v) is 3.39. The molecule has 0 unspecified atom stereocenters. The Morgan fingerprint density at radius 3 is 2.42 bits per heavy atom. The Hall–Kier alpha value is -3.12. The van der Waals surface area contributed by atoms with Crippen LogP contribution in [0.15, 0.2) is 77.3 Å². The second kappa shape index (κ2) is 12.2. The summed E-state index contributed by atoms with van der Waals surface area (Å²) in [6.45, 7) is 4.99. The molecule has 0 aliphatic rings. The number of carbonyl (C=O) groups is 2. The van der Waals surface area contributed by atoms with E-state index in [0.29, 0.717) is 35.8 Å². The molecule has 5 nitrogen and oxygen atoms in total. The number of rotatable bonds is 10. The molecule has 3 aromatic rings. The first-order valence-electron chi connectivity index (χ1n) is 10.9. The molecule has 0 heterocycles. The van der Waals surface area contributed by atoms with E-state index in [9.17, 15) is 9.59 Å². The summed E-state index contributed by atoms with van der Waals surface area (Å²) in [6, 6.07) is 21.4. The van der Waals surface area contributed by atoms with Crippen LogP contribution < -0.4 is 9.47 Å². The van der Waals surface area contributed by atoms with Crippen LogP contribution in [0, 0.1) is 5.92 Å². The second-order valence-electron chi connectivity index (χ2n) is 7.96. The van der Waals surface area contributed by atoms with Crippen LogP contribution in [-0.2, 0) is 11.2 Å². The Balaban J connectivity index is 1.63. The molecule has 0 aliphatic carbocycles. The lowest BCUT2D eigenvalue weighted by Crippen LogP contribution is -2.13. The van der Waals surface area contributed by atoms with Crippen molar-refractivity contribution in [3.63, 3.8) is 0 Å². The quantitative estimate of drug-likeness (QED) is 0.230. The molecule has 0 saturated carbocycles. The molecule has 0 atom stereocenters. The highest BCUT2D eigenvalue weighted by Gasteiger charge is 2.17. The van der Waals surface area contributed by atoms with E-state index in [1.54, 1.807) is 30.3 Å². The summed E-state index contributed by atoms with van der Waals surface area (Å²) < 4.78 is 17.5. The van der Waals surface area contributed by atoms with E-state index in [1.165, 1.54) is 6.07 Å². The van der Waals surface area contributed by atoms with Gasteiger partial charge in [-0.05, 0) is 54.3 Å². The standard InChI is InChI=1S/C27H27BrO5/c1-19(2)13-15-31-25-12-11-22(28)18-24(25)27(30)33-23-10-6-9-21(17-23)26(29)32-16-14-20-7-4-3-5-8-20/h3-12,17-19H,13-16H2,1-2H3. The van der Waals surface area contributed by atoms with Gasteiger partial charge in [0.15, 0.2) is 0 Å². The van der Waals surface area contributed by atoms with Crippen LogP contribution in [0.25, 0.3) is 0 Å². The Labute approximate surface area is 202 Å². The van der Waals surface area contributed by atoms with Gasteiger partial charge in [0.1, 0.15) is 17.1 Å². The zero-order valence-corrected chi connectivity index (χ0v) is 20.3. The SMILES string of the molecule is CC(C)CCOc1ccc(Br)cc1C(=O)Oc1cccc(C(=O)OCCc2ccccc2)c1. The summed E-state index contributed by atoms with van der Waals surface area (Å²) in [6.07, 6.45) is 1.50. The monoisotopic (exact) mass is 510 g/mol. The molecule has 0 saturated heterocycles. The number of ether oxygens (including phenoxy) is 3. The van der Waals surface area contributed by atoms with Crippen LogP contribution >= 0.6 is 15.9 Å². The number of hydrogen-bond acceptors (Lipinski definition) is 5. The number of halogens is 1. The van der Waals surface area contributed by atoms with E-state index in [-0.39, 0.29) is 12.4 Å².